The van der Waals surface area contributed by atoms with Crippen LogP contribution in [-0.4, -0.2) is 17.1 Å². The van der Waals surface area contributed by atoms with Crippen LogP contribution in [-0.2, 0) is 4.79 Å². The van der Waals surface area contributed by atoms with Gasteiger partial charge in [-0.25, -0.2) is 0 Å². The number of aliphatic hydroxyl groups excluding tert-OH is 1. The summed E-state index contributed by atoms with van der Waals surface area (Å²) in [7, 11) is 0. The van der Waals surface area contributed by atoms with Gasteiger partial charge in [-0.1, -0.05) is 26.2 Å². The molecule has 2 N–H and O–H groups in total. The minimum Gasteiger partial charge on any atom is -0.503 e. The zero-order valence-corrected chi connectivity index (χ0v) is 7.34. The first kappa shape index (κ1) is 9.10. The Morgan fingerprint density at radius 2 is 2.33 bits per heavy atom. The summed E-state index contributed by atoms with van der Waals surface area (Å²) < 4.78 is 0. The highest BCUT2D eigenvalue weighted by atomic mass is 16.3. The predicted molar refractivity (Wildman–Crippen MR) is 46.8 cm³/mol. The van der Waals surface area contributed by atoms with E-state index in [1.807, 2.05) is 0 Å². The van der Waals surface area contributed by atoms with Gasteiger partial charge in [-0.15, -0.1) is 0 Å². The predicted octanol–water partition coefficient (Wildman–Crippen LogP) is 1.51. The minimum absolute atomic E-state index is 0.0593. The van der Waals surface area contributed by atoms with Crippen LogP contribution in [0.15, 0.2) is 11.8 Å². The zero-order valence-electron chi connectivity index (χ0n) is 7.34. The lowest BCUT2D eigenvalue weighted by Crippen LogP contribution is -2.27. The van der Waals surface area contributed by atoms with Crippen LogP contribution in [0.1, 0.15) is 32.6 Å². The first-order chi connectivity index (χ1) is 5.74. The Morgan fingerprint density at radius 1 is 1.58 bits per heavy atom. The average molecular weight is 169 g/mol. The van der Waals surface area contributed by atoms with E-state index in [-0.39, 0.29) is 17.7 Å². The Morgan fingerprint density at radius 3 is 2.83 bits per heavy atom. The van der Waals surface area contributed by atoms with Gasteiger partial charge in [0.1, 0.15) is 0 Å². The summed E-state index contributed by atoms with van der Waals surface area (Å²) in [6.07, 6.45) is 5.99. The topological polar surface area (TPSA) is 49.3 Å². The first-order valence-electron chi connectivity index (χ1n) is 4.45. The van der Waals surface area contributed by atoms with Gasteiger partial charge in [-0.2, -0.15) is 0 Å². The molecule has 0 aromatic rings. The highest BCUT2D eigenvalue weighted by Gasteiger charge is 2.21. The van der Waals surface area contributed by atoms with Gasteiger partial charge >= 0.3 is 0 Å². The van der Waals surface area contributed by atoms with Crippen molar-refractivity contribution in [2.24, 2.45) is 0 Å². The summed E-state index contributed by atoms with van der Waals surface area (Å²) in [5.74, 6) is -0.465. The zero-order chi connectivity index (χ0) is 8.97. The van der Waals surface area contributed by atoms with Crippen molar-refractivity contribution in [3.63, 3.8) is 0 Å². The molecule has 1 amide bonds. The fourth-order valence-electron chi connectivity index (χ4n) is 1.32. The largest absolute Gasteiger partial charge is 0.503 e. The summed E-state index contributed by atoms with van der Waals surface area (Å²) >= 11 is 0. The maximum absolute atomic E-state index is 10.8. The molecule has 0 saturated heterocycles. The molecule has 0 saturated carbocycles. The first-order valence-corrected chi connectivity index (χ1v) is 4.45. The number of nitrogens with one attached hydrogen (secondary N) is 1. The Hall–Kier alpha value is -0.990. The summed E-state index contributed by atoms with van der Waals surface area (Å²) in [6, 6.07) is 0.0593. The van der Waals surface area contributed by atoms with Crippen LogP contribution in [0.4, 0.5) is 0 Å². The molecule has 0 bridgehead atoms. The number of amides is 1. The molecular weight excluding hydrogens is 154 g/mol. The van der Waals surface area contributed by atoms with Gasteiger partial charge in [0.2, 0.25) is 0 Å². The Kier molecular flexibility index (Phi) is 3.14. The van der Waals surface area contributed by atoms with Gasteiger partial charge in [0, 0.05) is 0 Å². The number of carbonyl (C=O) groups excluding carboxylic acids is 1. The van der Waals surface area contributed by atoms with Crippen molar-refractivity contribution in [3.8, 4) is 0 Å². The fraction of sp³-hybridized carbons (Fsp3) is 0.667. The number of carbonyl (C=O) groups is 1. The lowest BCUT2D eigenvalue weighted by Gasteiger charge is -2.06. The quantitative estimate of drug-likeness (QED) is 0.627. The molecule has 1 atom stereocenters. The second kappa shape index (κ2) is 4.14. The number of hydrogen-bond donors (Lipinski definition) is 2. The normalized spacial score (nSPS) is 22.2. The van der Waals surface area contributed by atoms with E-state index >= 15 is 0 Å². The smallest absolute Gasteiger partial charge is 0.286 e. The molecule has 12 heavy (non-hydrogen) atoms. The maximum Gasteiger partial charge on any atom is 0.286 e. The highest BCUT2D eigenvalue weighted by Crippen LogP contribution is 2.10. The van der Waals surface area contributed by atoms with Crippen molar-refractivity contribution in [1.29, 1.82) is 0 Å². The lowest BCUT2D eigenvalue weighted by atomic mass is 10.1. The summed E-state index contributed by atoms with van der Waals surface area (Å²) in [6.45, 7) is 2.14. The second-order valence-electron chi connectivity index (χ2n) is 3.13. The molecule has 68 valence electrons. The van der Waals surface area contributed by atoms with Crippen molar-refractivity contribution in [3.05, 3.63) is 11.8 Å². The molecule has 0 radical (unpaired) electrons. The molecule has 0 aromatic heterocycles. The molecule has 0 aliphatic carbocycles. The van der Waals surface area contributed by atoms with Crippen LogP contribution in [0, 0.1) is 0 Å². The van der Waals surface area contributed by atoms with E-state index in [1.54, 1.807) is 6.08 Å². The van der Waals surface area contributed by atoms with E-state index in [4.69, 9.17) is 5.11 Å². The van der Waals surface area contributed by atoms with Crippen molar-refractivity contribution in [2.75, 3.05) is 0 Å². The number of rotatable bonds is 4. The average Bonchev–Trinajstić information content (AvgIpc) is 2.32. The fourth-order valence-corrected chi connectivity index (χ4v) is 1.32. The molecule has 1 rings (SSSR count). The van der Waals surface area contributed by atoms with Crippen LogP contribution >= 0.6 is 0 Å². The van der Waals surface area contributed by atoms with Crippen molar-refractivity contribution in [1.82, 2.24) is 5.32 Å². The number of hydrogen-bond acceptors (Lipinski definition) is 2. The van der Waals surface area contributed by atoms with Crippen molar-refractivity contribution >= 4 is 5.91 Å². The van der Waals surface area contributed by atoms with Gasteiger partial charge < -0.3 is 10.4 Å². The van der Waals surface area contributed by atoms with E-state index in [1.165, 1.54) is 12.8 Å². The third-order valence-corrected chi connectivity index (χ3v) is 2.03. The van der Waals surface area contributed by atoms with E-state index in [2.05, 4.69) is 12.2 Å². The summed E-state index contributed by atoms with van der Waals surface area (Å²) in [5, 5.41) is 11.7. The molecular formula is C9H15NO2. The van der Waals surface area contributed by atoms with Gasteiger partial charge in [0.15, 0.2) is 5.76 Å². The standard InChI is InChI=1S/C9H15NO2/c1-2-3-4-5-7-6-8(11)9(12)10-7/h6-7,11H,2-5H2,1H3,(H,10,12). The van der Waals surface area contributed by atoms with Crippen LogP contribution in [0.2, 0.25) is 0 Å². The van der Waals surface area contributed by atoms with E-state index in [0.717, 1.165) is 12.8 Å². The number of unbranched alkanes of at least 4 members (excludes halogenated alkanes) is 2. The lowest BCUT2D eigenvalue weighted by molar-refractivity contribution is -0.119. The van der Waals surface area contributed by atoms with Gasteiger partial charge in [-0.3, -0.25) is 4.79 Å². The molecule has 0 spiro atoms. The molecule has 1 aliphatic rings. The van der Waals surface area contributed by atoms with E-state index in [0.29, 0.717) is 0 Å². The van der Waals surface area contributed by atoms with Crippen LogP contribution in [0.5, 0.6) is 0 Å². The molecule has 3 nitrogen and oxygen atoms in total. The van der Waals surface area contributed by atoms with Crippen LogP contribution in [0.3, 0.4) is 0 Å². The van der Waals surface area contributed by atoms with Gasteiger partial charge in [0.05, 0.1) is 6.04 Å². The highest BCUT2D eigenvalue weighted by molar-refractivity contribution is 5.93. The Balaban J connectivity index is 2.24. The molecule has 1 heterocycles. The minimum atomic E-state index is -0.337. The maximum atomic E-state index is 10.8. The van der Waals surface area contributed by atoms with Gasteiger partial charge in [-0.05, 0) is 12.5 Å². The molecule has 0 aromatic carbocycles. The van der Waals surface area contributed by atoms with Crippen molar-refractivity contribution < 1.29 is 9.90 Å². The van der Waals surface area contributed by atoms with E-state index < -0.39 is 0 Å². The third-order valence-electron chi connectivity index (χ3n) is 2.03. The molecule has 1 unspecified atom stereocenters. The number of aliphatic hydroxyl groups is 1. The van der Waals surface area contributed by atoms with Crippen molar-refractivity contribution in [2.45, 2.75) is 38.6 Å². The SMILES string of the molecule is CCCCCC1C=C(O)C(=O)N1. The summed E-state index contributed by atoms with van der Waals surface area (Å²) in [5.41, 5.74) is 0. The molecule has 3 heteroatoms. The van der Waals surface area contributed by atoms with Gasteiger partial charge in [0.25, 0.3) is 5.91 Å². The summed E-state index contributed by atoms with van der Waals surface area (Å²) in [4.78, 5) is 10.8. The van der Waals surface area contributed by atoms with Crippen LogP contribution < -0.4 is 5.32 Å². The molecule has 0 fully saturated rings. The third kappa shape index (κ3) is 2.26. The van der Waals surface area contributed by atoms with Crippen LogP contribution in [0.25, 0.3) is 0 Å². The monoisotopic (exact) mass is 169 g/mol. The second-order valence-corrected chi connectivity index (χ2v) is 3.13. The van der Waals surface area contributed by atoms with E-state index in [9.17, 15) is 4.79 Å². The Bertz CT molecular complexity index is 199. The Labute approximate surface area is 72.5 Å². The molecule has 1 aliphatic heterocycles.